The minimum atomic E-state index is -0.171. The van der Waals surface area contributed by atoms with Crippen LogP contribution in [0.25, 0.3) is 0 Å². The predicted molar refractivity (Wildman–Crippen MR) is 78.8 cm³/mol. The van der Waals surface area contributed by atoms with Crippen LogP contribution >= 0.6 is 0 Å². The molecule has 0 saturated carbocycles. The number of rotatable bonds is 6. The van der Waals surface area contributed by atoms with Gasteiger partial charge in [0.1, 0.15) is 0 Å². The van der Waals surface area contributed by atoms with Gasteiger partial charge in [-0.2, -0.15) is 0 Å². The highest BCUT2D eigenvalue weighted by Crippen LogP contribution is 2.36. The van der Waals surface area contributed by atoms with Gasteiger partial charge in [-0.25, -0.2) is 0 Å². The number of hydrogen-bond acceptors (Lipinski definition) is 3. The summed E-state index contributed by atoms with van der Waals surface area (Å²) in [5, 5.41) is 23.6. The molecule has 0 unspecified atom stereocenters. The van der Waals surface area contributed by atoms with Gasteiger partial charge in [-0.3, -0.25) is 4.57 Å². The molecule has 1 aromatic rings. The van der Waals surface area contributed by atoms with Gasteiger partial charge in [0.15, 0.2) is 11.8 Å². The zero-order valence-electron chi connectivity index (χ0n) is 12.8. The average Bonchev–Trinajstić information content (AvgIpc) is 2.61. The Kier molecular flexibility index (Phi) is 5.29. The maximum Gasteiger partial charge on any atom is 0.197 e. The summed E-state index contributed by atoms with van der Waals surface area (Å²) < 4.78 is 1.57. The molecule has 0 saturated heterocycles. The van der Waals surface area contributed by atoms with E-state index in [4.69, 9.17) is 0 Å². The van der Waals surface area contributed by atoms with Crippen LogP contribution in [0.5, 0.6) is 11.8 Å². The lowest BCUT2D eigenvalue weighted by atomic mass is 9.89. The molecule has 0 fully saturated rings. The third kappa shape index (κ3) is 3.90. The molecule has 0 amide bonds. The zero-order valence-corrected chi connectivity index (χ0v) is 12.8. The van der Waals surface area contributed by atoms with Gasteiger partial charge >= 0.3 is 0 Å². The summed E-state index contributed by atoms with van der Waals surface area (Å²) in [7, 11) is 0. The summed E-state index contributed by atoms with van der Waals surface area (Å²) in [6.45, 7) is 11.7. The second-order valence-corrected chi connectivity index (χ2v) is 6.11. The highest BCUT2D eigenvalue weighted by molar-refractivity contribution is 5.39. The van der Waals surface area contributed by atoms with Gasteiger partial charge in [0, 0.05) is 30.8 Å². The lowest BCUT2D eigenvalue weighted by molar-refractivity contribution is 0.353. The summed E-state index contributed by atoms with van der Waals surface area (Å²) in [6.07, 6.45) is 2.18. The molecule has 1 heterocycles. The van der Waals surface area contributed by atoms with Crippen molar-refractivity contribution >= 4 is 0 Å². The number of nitrogens with zero attached hydrogens (tertiary/aromatic N) is 1. The first-order valence-electron chi connectivity index (χ1n) is 7.16. The van der Waals surface area contributed by atoms with Crippen LogP contribution in [-0.4, -0.2) is 27.4 Å². The summed E-state index contributed by atoms with van der Waals surface area (Å²) in [5.74, 6) is 0.310. The number of aromatic hydroxyl groups is 2. The van der Waals surface area contributed by atoms with Crippen molar-refractivity contribution in [2.45, 2.75) is 65.5 Å². The summed E-state index contributed by atoms with van der Waals surface area (Å²) in [4.78, 5) is 0. The second-order valence-electron chi connectivity index (χ2n) is 6.11. The highest BCUT2D eigenvalue weighted by Gasteiger charge is 2.23. The lowest BCUT2D eigenvalue weighted by Gasteiger charge is -2.18. The third-order valence-electron chi connectivity index (χ3n) is 3.61. The van der Waals surface area contributed by atoms with E-state index in [1.807, 2.05) is 20.8 Å². The van der Waals surface area contributed by atoms with E-state index >= 15 is 0 Å². The molecule has 3 N–H and O–H groups in total. The summed E-state index contributed by atoms with van der Waals surface area (Å²) >= 11 is 0. The fourth-order valence-electron chi connectivity index (χ4n) is 2.26. The van der Waals surface area contributed by atoms with Gasteiger partial charge in [0.2, 0.25) is 0 Å². The van der Waals surface area contributed by atoms with E-state index in [0.717, 1.165) is 24.9 Å². The fraction of sp³-hybridized carbons (Fsp3) is 0.733. The lowest BCUT2D eigenvalue weighted by Crippen LogP contribution is -2.30. The fourth-order valence-corrected chi connectivity index (χ4v) is 2.26. The molecular formula is C15H28N2O2. The van der Waals surface area contributed by atoms with Gasteiger partial charge in [-0.1, -0.05) is 34.6 Å². The van der Waals surface area contributed by atoms with Crippen molar-refractivity contribution in [2.24, 2.45) is 0 Å². The van der Waals surface area contributed by atoms with Crippen molar-refractivity contribution in [3.63, 3.8) is 0 Å². The van der Waals surface area contributed by atoms with Gasteiger partial charge < -0.3 is 15.5 Å². The molecule has 0 aliphatic carbocycles. The summed E-state index contributed by atoms with van der Waals surface area (Å²) in [6, 6.07) is 2.16. The van der Waals surface area contributed by atoms with E-state index in [1.54, 1.807) is 10.6 Å². The minimum absolute atomic E-state index is 0.133. The molecule has 0 radical (unpaired) electrons. The van der Waals surface area contributed by atoms with Gasteiger partial charge in [-0.05, 0) is 18.3 Å². The van der Waals surface area contributed by atoms with Crippen molar-refractivity contribution in [3.05, 3.63) is 11.6 Å². The van der Waals surface area contributed by atoms with Crippen LogP contribution in [0, 0.1) is 0 Å². The van der Waals surface area contributed by atoms with Crippen molar-refractivity contribution in [1.82, 2.24) is 9.88 Å². The zero-order chi connectivity index (χ0) is 14.6. The Hall–Kier alpha value is -1.16. The standard InChI is InChI=1S/C15H28N2O2/c1-6-11(7-2)16-8-9-17-13(18)10-12(14(17)19)15(3,4)5/h10-11,16,18-19H,6-9H2,1-5H3. The van der Waals surface area contributed by atoms with E-state index in [9.17, 15) is 10.2 Å². The van der Waals surface area contributed by atoms with Gasteiger partial charge in [0.25, 0.3) is 0 Å². The first-order chi connectivity index (χ1) is 8.81. The minimum Gasteiger partial charge on any atom is -0.494 e. The smallest absolute Gasteiger partial charge is 0.197 e. The molecule has 0 atom stereocenters. The normalized spacial score (nSPS) is 12.3. The molecular weight excluding hydrogens is 240 g/mol. The first-order valence-corrected chi connectivity index (χ1v) is 7.16. The molecule has 0 aliphatic rings. The molecule has 1 rings (SSSR count). The molecule has 4 heteroatoms. The molecule has 110 valence electrons. The monoisotopic (exact) mass is 268 g/mol. The Labute approximate surface area is 116 Å². The third-order valence-corrected chi connectivity index (χ3v) is 3.61. The Morgan fingerprint density at radius 3 is 2.21 bits per heavy atom. The summed E-state index contributed by atoms with van der Waals surface area (Å²) in [5.41, 5.74) is 0.614. The largest absolute Gasteiger partial charge is 0.494 e. The van der Waals surface area contributed by atoms with E-state index in [-0.39, 0.29) is 17.2 Å². The SMILES string of the molecule is CCC(CC)NCCn1c(O)cc(C(C)(C)C)c1O. The highest BCUT2D eigenvalue weighted by atomic mass is 16.3. The van der Waals surface area contributed by atoms with Crippen LogP contribution in [0.15, 0.2) is 6.07 Å². The molecule has 0 spiro atoms. The van der Waals surface area contributed by atoms with Crippen LogP contribution in [0.1, 0.15) is 53.0 Å². The van der Waals surface area contributed by atoms with E-state index in [2.05, 4.69) is 19.2 Å². The first kappa shape index (κ1) is 15.9. The molecule has 0 aromatic carbocycles. The van der Waals surface area contributed by atoms with Gasteiger partial charge in [0.05, 0.1) is 0 Å². The molecule has 19 heavy (non-hydrogen) atoms. The van der Waals surface area contributed by atoms with Crippen LogP contribution < -0.4 is 5.32 Å². The van der Waals surface area contributed by atoms with Gasteiger partial charge in [-0.15, -0.1) is 0 Å². The van der Waals surface area contributed by atoms with Crippen LogP contribution in [0.4, 0.5) is 0 Å². The van der Waals surface area contributed by atoms with Crippen molar-refractivity contribution < 1.29 is 10.2 Å². The van der Waals surface area contributed by atoms with E-state index in [0.29, 0.717) is 12.6 Å². The van der Waals surface area contributed by atoms with Crippen LogP contribution in [-0.2, 0) is 12.0 Å². The van der Waals surface area contributed by atoms with E-state index < -0.39 is 0 Å². The number of hydrogen-bond donors (Lipinski definition) is 3. The topological polar surface area (TPSA) is 57.4 Å². The van der Waals surface area contributed by atoms with Crippen molar-refractivity contribution in [2.75, 3.05) is 6.54 Å². The number of nitrogens with one attached hydrogen (secondary N) is 1. The average molecular weight is 268 g/mol. The number of aromatic nitrogens is 1. The maximum absolute atomic E-state index is 10.2. The maximum atomic E-state index is 10.2. The molecule has 0 bridgehead atoms. The quantitative estimate of drug-likeness (QED) is 0.743. The molecule has 4 nitrogen and oxygen atoms in total. The van der Waals surface area contributed by atoms with E-state index in [1.165, 1.54) is 0 Å². The van der Waals surface area contributed by atoms with Crippen LogP contribution in [0.3, 0.4) is 0 Å². The molecule has 0 aliphatic heterocycles. The Morgan fingerprint density at radius 2 is 1.79 bits per heavy atom. The van der Waals surface area contributed by atoms with Crippen molar-refractivity contribution in [1.29, 1.82) is 0 Å². The van der Waals surface area contributed by atoms with Crippen LogP contribution in [0.2, 0.25) is 0 Å². The Balaban J connectivity index is 2.72. The molecule has 1 aromatic heterocycles. The Bertz CT molecular complexity index is 401. The predicted octanol–water partition coefficient (Wildman–Crippen LogP) is 2.98. The second kappa shape index (κ2) is 6.33. The van der Waals surface area contributed by atoms with Crippen molar-refractivity contribution in [3.8, 4) is 11.8 Å². The Morgan fingerprint density at radius 1 is 1.21 bits per heavy atom.